The van der Waals surface area contributed by atoms with Crippen molar-refractivity contribution in [1.82, 2.24) is 0 Å². The lowest BCUT2D eigenvalue weighted by atomic mass is 9.86. The lowest BCUT2D eigenvalue weighted by molar-refractivity contribution is 0.590. The lowest BCUT2D eigenvalue weighted by Gasteiger charge is -2.28. The molecule has 0 aliphatic rings. The van der Waals surface area contributed by atoms with Gasteiger partial charge in [-0.25, -0.2) is 0 Å². The SMILES string of the molecule is Cc1c2c(cc3oc4cc5cc(N(c6ccc(C(C)(C)C)cc6)c6ccc(C(C)(C)C)cc6)ccc5cc4c13)oc1cc3cc(N(c4ccc(C(C)(C)C)cc4)c4ccc(C(C)(C)C)cc4)ccc3cc12. The molecule has 0 saturated heterocycles. The Bertz CT molecular complexity index is 3460. The summed E-state index contributed by atoms with van der Waals surface area (Å²) >= 11 is 0. The molecule has 0 unspecified atom stereocenters. The van der Waals surface area contributed by atoms with E-state index in [9.17, 15) is 0 Å². The Morgan fingerprint density at radius 1 is 0.282 bits per heavy atom. The maximum atomic E-state index is 6.78. The third-order valence-corrected chi connectivity index (χ3v) is 14.8. The van der Waals surface area contributed by atoms with Gasteiger partial charge in [-0.3, -0.25) is 0 Å². The van der Waals surface area contributed by atoms with E-state index in [0.29, 0.717) is 0 Å². The molecule has 71 heavy (non-hydrogen) atoms. The Balaban J connectivity index is 0.989. The van der Waals surface area contributed by atoms with E-state index in [0.717, 1.165) is 105 Å². The highest BCUT2D eigenvalue weighted by atomic mass is 16.3. The van der Waals surface area contributed by atoms with Gasteiger partial charge in [0.1, 0.15) is 22.3 Å². The smallest absolute Gasteiger partial charge is 0.139 e. The van der Waals surface area contributed by atoms with Crippen LogP contribution in [-0.2, 0) is 21.7 Å². The van der Waals surface area contributed by atoms with Gasteiger partial charge in [-0.05, 0) is 175 Å². The molecular formula is C67H66N2O2. The molecule has 0 N–H and O–H groups in total. The molecule has 11 rings (SSSR count). The molecule has 0 atom stereocenters. The minimum absolute atomic E-state index is 0.0650. The Morgan fingerprint density at radius 2 is 0.563 bits per heavy atom. The van der Waals surface area contributed by atoms with Gasteiger partial charge in [0.15, 0.2) is 0 Å². The van der Waals surface area contributed by atoms with E-state index >= 15 is 0 Å². The lowest BCUT2D eigenvalue weighted by Crippen LogP contribution is -2.14. The molecule has 4 heteroatoms. The number of furan rings is 2. The number of nitrogens with zero attached hydrogens (tertiary/aromatic N) is 2. The summed E-state index contributed by atoms with van der Waals surface area (Å²) in [4.78, 5) is 4.73. The second-order valence-corrected chi connectivity index (χ2v) is 24.1. The molecule has 0 amide bonds. The quantitative estimate of drug-likeness (QED) is 0.166. The molecular weight excluding hydrogens is 865 g/mol. The van der Waals surface area contributed by atoms with Gasteiger partial charge in [-0.15, -0.1) is 0 Å². The average Bonchev–Trinajstić information content (AvgIpc) is 3.86. The first-order chi connectivity index (χ1) is 33.6. The largest absolute Gasteiger partial charge is 0.456 e. The summed E-state index contributed by atoms with van der Waals surface area (Å²) in [5, 5.41) is 9.04. The zero-order chi connectivity index (χ0) is 49.9. The fourth-order valence-electron chi connectivity index (χ4n) is 10.5. The first-order valence-corrected chi connectivity index (χ1v) is 25.3. The fraction of sp³-hybridized carbons (Fsp3) is 0.254. The zero-order valence-corrected chi connectivity index (χ0v) is 43.8. The van der Waals surface area contributed by atoms with E-state index in [4.69, 9.17) is 8.83 Å². The van der Waals surface area contributed by atoms with Crippen molar-refractivity contribution in [3.63, 3.8) is 0 Å². The van der Waals surface area contributed by atoms with E-state index in [1.54, 1.807) is 0 Å². The molecule has 0 aliphatic heterocycles. The van der Waals surface area contributed by atoms with Crippen LogP contribution in [0.3, 0.4) is 0 Å². The third-order valence-electron chi connectivity index (χ3n) is 14.8. The fourth-order valence-corrected chi connectivity index (χ4v) is 10.5. The van der Waals surface area contributed by atoms with Gasteiger partial charge in [-0.2, -0.15) is 0 Å². The standard InChI is InChI=1S/C67H66N2O2/c1-41-62-56-36-42-14-24-54(68(50-26-16-46(17-27-50)64(2,3)4)51-28-18-47(19-29-51)65(5,6)7)34-44(42)38-58(56)70-60(62)40-61-63(41)57-37-43-15-25-55(35-45(43)39-59(57)71-61)69(52-30-20-48(21-31-52)66(8,9)10)53-32-22-49(23-33-53)67(11,12)13/h14-40H,1-13H3. The van der Waals surface area contributed by atoms with Crippen LogP contribution in [0.15, 0.2) is 173 Å². The molecule has 0 spiro atoms. The van der Waals surface area contributed by atoms with E-state index in [1.807, 2.05) is 0 Å². The van der Waals surface area contributed by atoms with Crippen LogP contribution in [0.1, 0.15) is 111 Å². The molecule has 0 aliphatic carbocycles. The molecule has 0 fully saturated rings. The van der Waals surface area contributed by atoms with E-state index in [2.05, 4.69) is 264 Å². The van der Waals surface area contributed by atoms with E-state index < -0.39 is 0 Å². The normalized spacial score (nSPS) is 12.9. The summed E-state index contributed by atoms with van der Waals surface area (Å²) in [5.74, 6) is 0. The van der Waals surface area contributed by atoms with Crippen molar-refractivity contribution in [1.29, 1.82) is 0 Å². The second-order valence-electron chi connectivity index (χ2n) is 24.1. The monoisotopic (exact) mass is 931 g/mol. The summed E-state index contributed by atoms with van der Waals surface area (Å²) in [5.41, 5.74) is 16.7. The van der Waals surface area contributed by atoms with Crippen molar-refractivity contribution >= 4 is 99.5 Å². The summed E-state index contributed by atoms with van der Waals surface area (Å²) in [6.45, 7) is 29.4. The van der Waals surface area contributed by atoms with Gasteiger partial charge in [0.05, 0.1) is 0 Å². The minimum atomic E-state index is 0.0650. The van der Waals surface area contributed by atoms with E-state index in [-0.39, 0.29) is 21.7 Å². The van der Waals surface area contributed by atoms with Gasteiger partial charge < -0.3 is 18.6 Å². The molecule has 0 radical (unpaired) electrons. The van der Waals surface area contributed by atoms with Crippen LogP contribution >= 0.6 is 0 Å². The molecule has 0 bridgehead atoms. The second kappa shape index (κ2) is 16.4. The Hall–Kier alpha value is -7.30. The van der Waals surface area contributed by atoms with Crippen LogP contribution in [-0.4, -0.2) is 0 Å². The Labute approximate surface area is 419 Å². The first-order valence-electron chi connectivity index (χ1n) is 25.3. The van der Waals surface area contributed by atoms with Crippen LogP contribution in [0.5, 0.6) is 0 Å². The van der Waals surface area contributed by atoms with Crippen LogP contribution < -0.4 is 9.80 Å². The number of benzene rings is 9. The number of hydrogen-bond donors (Lipinski definition) is 0. The van der Waals surface area contributed by atoms with Crippen molar-refractivity contribution in [3.8, 4) is 0 Å². The van der Waals surface area contributed by atoms with Gasteiger partial charge >= 0.3 is 0 Å². The molecule has 2 heterocycles. The first kappa shape index (κ1) is 46.1. The number of hydrogen-bond acceptors (Lipinski definition) is 4. The number of fused-ring (bicyclic) bond motifs is 8. The Kier molecular flexibility index (Phi) is 10.6. The Morgan fingerprint density at radius 3 is 0.845 bits per heavy atom. The maximum absolute atomic E-state index is 6.78. The van der Waals surface area contributed by atoms with Gasteiger partial charge in [-0.1, -0.05) is 144 Å². The maximum Gasteiger partial charge on any atom is 0.139 e. The average molecular weight is 931 g/mol. The summed E-state index contributed by atoms with van der Waals surface area (Å²) in [7, 11) is 0. The predicted octanol–water partition coefficient (Wildman–Crippen LogP) is 20.2. The van der Waals surface area contributed by atoms with Gasteiger partial charge in [0.25, 0.3) is 0 Å². The summed E-state index contributed by atoms with van der Waals surface area (Å²) in [6.07, 6.45) is 0. The third kappa shape index (κ3) is 8.31. The highest BCUT2D eigenvalue weighted by molar-refractivity contribution is 6.21. The van der Waals surface area contributed by atoms with Gasteiger partial charge in [0.2, 0.25) is 0 Å². The van der Waals surface area contributed by atoms with Gasteiger partial charge in [0, 0.05) is 61.7 Å². The summed E-state index contributed by atoms with van der Waals surface area (Å²) < 4.78 is 13.6. The molecule has 4 nitrogen and oxygen atoms in total. The topological polar surface area (TPSA) is 32.8 Å². The van der Waals surface area contributed by atoms with Crippen LogP contribution in [0.25, 0.3) is 65.4 Å². The van der Waals surface area contributed by atoms with Crippen LogP contribution in [0, 0.1) is 6.92 Å². The van der Waals surface area contributed by atoms with Crippen molar-refractivity contribution in [2.75, 3.05) is 9.80 Å². The van der Waals surface area contributed by atoms with Crippen LogP contribution in [0.4, 0.5) is 34.1 Å². The number of aryl methyl sites for hydroxylation is 1. The molecule has 9 aromatic carbocycles. The molecule has 0 saturated carbocycles. The van der Waals surface area contributed by atoms with Crippen molar-refractivity contribution < 1.29 is 8.83 Å². The molecule has 11 aromatic rings. The predicted molar refractivity (Wildman–Crippen MR) is 305 cm³/mol. The number of anilines is 6. The van der Waals surface area contributed by atoms with Crippen molar-refractivity contribution in [2.24, 2.45) is 0 Å². The van der Waals surface area contributed by atoms with Crippen molar-refractivity contribution in [2.45, 2.75) is 112 Å². The van der Waals surface area contributed by atoms with Crippen LogP contribution in [0.2, 0.25) is 0 Å². The highest BCUT2D eigenvalue weighted by Gasteiger charge is 2.23. The minimum Gasteiger partial charge on any atom is -0.456 e. The highest BCUT2D eigenvalue weighted by Crippen LogP contribution is 2.45. The molecule has 356 valence electrons. The molecule has 2 aromatic heterocycles. The number of rotatable bonds is 6. The summed E-state index contributed by atoms with van der Waals surface area (Å²) in [6, 6.07) is 60.9. The van der Waals surface area contributed by atoms with Crippen molar-refractivity contribution in [3.05, 3.63) is 192 Å². The van der Waals surface area contributed by atoms with E-state index in [1.165, 1.54) is 22.3 Å². The zero-order valence-electron chi connectivity index (χ0n) is 43.8.